The topological polar surface area (TPSA) is 23.5 Å². The third-order valence-electron chi connectivity index (χ3n) is 2.89. The molecule has 15 heavy (non-hydrogen) atoms. The summed E-state index contributed by atoms with van der Waals surface area (Å²) in [5.74, 6) is 0.313. The molecule has 0 aliphatic carbocycles. The van der Waals surface area contributed by atoms with Gasteiger partial charge in [-0.15, -0.1) is 0 Å². The highest BCUT2D eigenvalue weighted by Crippen LogP contribution is 2.24. The van der Waals surface area contributed by atoms with Gasteiger partial charge < -0.3 is 5.11 Å². The molecule has 1 aromatic rings. The Hall–Kier alpha value is -0.730. The summed E-state index contributed by atoms with van der Waals surface area (Å²) in [6, 6.07) is 5.35. The van der Waals surface area contributed by atoms with Crippen molar-refractivity contribution in [3.8, 4) is 5.75 Å². The number of aromatic hydroxyl groups is 1. The fourth-order valence-corrected chi connectivity index (χ4v) is 2.20. The standard InChI is InChI=1S/C12H16ClNO/c13-11-5-4-10(12(15)8-11)9-14-6-2-1-3-7-14/h4-5,8,15H,1-3,6-7,9H2. The van der Waals surface area contributed by atoms with Crippen molar-refractivity contribution in [3.63, 3.8) is 0 Å². The van der Waals surface area contributed by atoms with Crippen LogP contribution in [0.2, 0.25) is 5.02 Å². The highest BCUT2D eigenvalue weighted by atomic mass is 35.5. The Kier molecular flexibility index (Phi) is 3.49. The number of halogens is 1. The number of phenols is 1. The zero-order valence-electron chi connectivity index (χ0n) is 8.75. The average molecular weight is 226 g/mol. The number of hydrogen-bond acceptors (Lipinski definition) is 2. The molecular formula is C12H16ClNO. The number of hydrogen-bond donors (Lipinski definition) is 1. The first kappa shape index (κ1) is 10.8. The molecule has 1 N–H and O–H groups in total. The fraction of sp³-hybridized carbons (Fsp3) is 0.500. The van der Waals surface area contributed by atoms with E-state index in [1.54, 1.807) is 6.07 Å². The Morgan fingerprint density at radius 1 is 1.20 bits per heavy atom. The van der Waals surface area contributed by atoms with Gasteiger partial charge in [0, 0.05) is 17.1 Å². The van der Waals surface area contributed by atoms with Crippen LogP contribution in [0.3, 0.4) is 0 Å². The van der Waals surface area contributed by atoms with Crippen molar-refractivity contribution >= 4 is 11.6 Å². The van der Waals surface area contributed by atoms with E-state index in [9.17, 15) is 5.11 Å². The summed E-state index contributed by atoms with van der Waals surface area (Å²) in [5, 5.41) is 10.3. The molecule has 0 amide bonds. The van der Waals surface area contributed by atoms with Gasteiger partial charge in [-0.1, -0.05) is 24.1 Å². The number of nitrogens with zero attached hydrogens (tertiary/aromatic N) is 1. The van der Waals surface area contributed by atoms with Crippen molar-refractivity contribution in [2.45, 2.75) is 25.8 Å². The Morgan fingerprint density at radius 2 is 1.93 bits per heavy atom. The van der Waals surface area contributed by atoms with E-state index in [0.717, 1.165) is 25.2 Å². The fourth-order valence-electron chi connectivity index (χ4n) is 2.03. The molecule has 1 aliphatic heterocycles. The van der Waals surface area contributed by atoms with Gasteiger partial charge in [0.05, 0.1) is 0 Å². The van der Waals surface area contributed by atoms with E-state index in [1.807, 2.05) is 12.1 Å². The molecule has 0 saturated carbocycles. The zero-order chi connectivity index (χ0) is 10.7. The van der Waals surface area contributed by atoms with Crippen LogP contribution in [0.1, 0.15) is 24.8 Å². The van der Waals surface area contributed by atoms with E-state index < -0.39 is 0 Å². The lowest BCUT2D eigenvalue weighted by atomic mass is 10.1. The third kappa shape index (κ3) is 2.86. The van der Waals surface area contributed by atoms with E-state index in [0.29, 0.717) is 10.8 Å². The van der Waals surface area contributed by atoms with Gasteiger partial charge in [-0.25, -0.2) is 0 Å². The van der Waals surface area contributed by atoms with E-state index in [2.05, 4.69) is 4.90 Å². The molecule has 1 fully saturated rings. The van der Waals surface area contributed by atoms with Crippen LogP contribution in [-0.2, 0) is 6.54 Å². The molecule has 82 valence electrons. The minimum atomic E-state index is 0.313. The van der Waals surface area contributed by atoms with Crippen molar-refractivity contribution < 1.29 is 5.11 Å². The predicted molar refractivity (Wildman–Crippen MR) is 62.2 cm³/mol. The normalized spacial score (nSPS) is 17.9. The van der Waals surface area contributed by atoms with Gasteiger partial charge in [0.15, 0.2) is 0 Å². The van der Waals surface area contributed by atoms with Gasteiger partial charge in [-0.3, -0.25) is 4.90 Å². The first-order chi connectivity index (χ1) is 7.25. The number of benzene rings is 1. The average Bonchev–Trinajstić information content (AvgIpc) is 2.24. The summed E-state index contributed by atoms with van der Waals surface area (Å²) in [6.45, 7) is 3.12. The lowest BCUT2D eigenvalue weighted by molar-refractivity contribution is 0.218. The minimum absolute atomic E-state index is 0.313. The summed E-state index contributed by atoms with van der Waals surface area (Å²) >= 11 is 5.79. The maximum Gasteiger partial charge on any atom is 0.121 e. The van der Waals surface area contributed by atoms with E-state index in [1.165, 1.54) is 19.3 Å². The Bertz CT molecular complexity index is 334. The van der Waals surface area contributed by atoms with E-state index in [-0.39, 0.29) is 0 Å². The highest BCUT2D eigenvalue weighted by Gasteiger charge is 2.12. The van der Waals surface area contributed by atoms with Crippen LogP contribution in [0.5, 0.6) is 5.75 Å². The second-order valence-electron chi connectivity index (χ2n) is 4.11. The summed E-state index contributed by atoms with van der Waals surface area (Å²) in [7, 11) is 0. The lowest BCUT2D eigenvalue weighted by Gasteiger charge is -2.26. The maximum absolute atomic E-state index is 9.71. The second kappa shape index (κ2) is 4.86. The highest BCUT2D eigenvalue weighted by molar-refractivity contribution is 6.30. The third-order valence-corrected chi connectivity index (χ3v) is 3.13. The molecule has 0 atom stereocenters. The van der Waals surface area contributed by atoms with Crippen LogP contribution < -0.4 is 0 Å². The molecule has 0 radical (unpaired) electrons. The first-order valence-corrected chi connectivity index (χ1v) is 5.83. The molecule has 1 heterocycles. The van der Waals surface area contributed by atoms with Crippen molar-refractivity contribution in [1.82, 2.24) is 4.90 Å². The van der Waals surface area contributed by atoms with Crippen LogP contribution >= 0.6 is 11.6 Å². The summed E-state index contributed by atoms with van der Waals surface area (Å²) < 4.78 is 0. The molecule has 0 aromatic heterocycles. The molecule has 1 saturated heterocycles. The predicted octanol–water partition coefficient (Wildman–Crippen LogP) is 3.03. The number of likely N-dealkylation sites (tertiary alicyclic amines) is 1. The minimum Gasteiger partial charge on any atom is -0.508 e. The number of piperidine rings is 1. The van der Waals surface area contributed by atoms with Crippen molar-refractivity contribution in [2.75, 3.05) is 13.1 Å². The number of phenolic OH excluding ortho intramolecular Hbond substituents is 1. The van der Waals surface area contributed by atoms with Crippen LogP contribution in [-0.4, -0.2) is 23.1 Å². The van der Waals surface area contributed by atoms with Gasteiger partial charge in [0.25, 0.3) is 0 Å². The van der Waals surface area contributed by atoms with Crippen molar-refractivity contribution in [3.05, 3.63) is 28.8 Å². The number of rotatable bonds is 2. The molecule has 2 nitrogen and oxygen atoms in total. The van der Waals surface area contributed by atoms with E-state index >= 15 is 0 Å². The summed E-state index contributed by atoms with van der Waals surface area (Å²) in [5.41, 5.74) is 0.973. The SMILES string of the molecule is Oc1cc(Cl)ccc1CN1CCCCC1. The van der Waals surface area contributed by atoms with Crippen molar-refractivity contribution in [1.29, 1.82) is 0 Å². The Labute approximate surface area is 95.5 Å². The van der Waals surface area contributed by atoms with Crippen molar-refractivity contribution in [2.24, 2.45) is 0 Å². The second-order valence-corrected chi connectivity index (χ2v) is 4.55. The largest absolute Gasteiger partial charge is 0.508 e. The smallest absolute Gasteiger partial charge is 0.121 e. The van der Waals surface area contributed by atoms with E-state index in [4.69, 9.17) is 11.6 Å². The van der Waals surface area contributed by atoms with Gasteiger partial charge in [0.1, 0.15) is 5.75 Å². The quantitative estimate of drug-likeness (QED) is 0.837. The molecule has 0 bridgehead atoms. The molecule has 0 unspecified atom stereocenters. The first-order valence-electron chi connectivity index (χ1n) is 5.45. The Morgan fingerprint density at radius 3 is 2.60 bits per heavy atom. The molecule has 1 aliphatic rings. The maximum atomic E-state index is 9.71. The van der Waals surface area contributed by atoms with Gasteiger partial charge in [-0.2, -0.15) is 0 Å². The molecule has 3 heteroatoms. The summed E-state index contributed by atoms with van der Waals surface area (Å²) in [4.78, 5) is 2.38. The van der Waals surface area contributed by atoms with Crippen LogP contribution in [0.25, 0.3) is 0 Å². The van der Waals surface area contributed by atoms with Crippen LogP contribution in [0.15, 0.2) is 18.2 Å². The molecule has 2 rings (SSSR count). The monoisotopic (exact) mass is 225 g/mol. The molecular weight excluding hydrogens is 210 g/mol. The van der Waals surface area contributed by atoms with Gasteiger partial charge >= 0.3 is 0 Å². The lowest BCUT2D eigenvalue weighted by Crippen LogP contribution is -2.29. The Balaban J connectivity index is 2.03. The van der Waals surface area contributed by atoms with Crippen LogP contribution in [0.4, 0.5) is 0 Å². The van der Waals surface area contributed by atoms with Crippen LogP contribution in [0, 0.1) is 0 Å². The molecule has 0 spiro atoms. The van der Waals surface area contributed by atoms with Gasteiger partial charge in [0.2, 0.25) is 0 Å². The molecule has 1 aromatic carbocycles. The zero-order valence-corrected chi connectivity index (χ0v) is 9.50. The van der Waals surface area contributed by atoms with Gasteiger partial charge in [-0.05, 0) is 38.1 Å². The summed E-state index contributed by atoms with van der Waals surface area (Å²) in [6.07, 6.45) is 3.88.